The van der Waals surface area contributed by atoms with Crippen LogP contribution >= 0.6 is 0 Å². The van der Waals surface area contributed by atoms with Crippen LogP contribution in [0, 0.1) is 5.92 Å². The smallest absolute Gasteiger partial charge is 0.234 e. The van der Waals surface area contributed by atoms with Crippen LogP contribution in [0.25, 0.3) is 0 Å². The van der Waals surface area contributed by atoms with Crippen LogP contribution in [0.5, 0.6) is 0 Å². The monoisotopic (exact) mass is 268 g/mol. The van der Waals surface area contributed by atoms with Gasteiger partial charge in [-0.3, -0.25) is 9.69 Å². The Bertz CT molecular complexity index is 292. The van der Waals surface area contributed by atoms with E-state index in [4.69, 9.17) is 0 Å². The first-order valence-corrected chi connectivity index (χ1v) is 7.89. The molecule has 2 rings (SSSR count). The van der Waals surface area contributed by atoms with E-state index in [0.717, 1.165) is 32.4 Å². The third-order valence-corrected chi connectivity index (χ3v) is 4.69. The molecule has 2 aliphatic rings. The van der Waals surface area contributed by atoms with Gasteiger partial charge in [-0.2, -0.15) is 0 Å². The number of rotatable bonds is 6. The summed E-state index contributed by atoms with van der Waals surface area (Å²) in [6.07, 6.45) is 7.65. The van der Waals surface area contributed by atoms with E-state index in [9.17, 15) is 9.90 Å². The molecule has 0 radical (unpaired) electrons. The number of amides is 1. The molecule has 1 saturated carbocycles. The van der Waals surface area contributed by atoms with Gasteiger partial charge in [-0.05, 0) is 44.6 Å². The van der Waals surface area contributed by atoms with Crippen molar-refractivity contribution in [3.8, 4) is 0 Å². The Labute approximate surface area is 116 Å². The first kappa shape index (κ1) is 14.8. The van der Waals surface area contributed by atoms with Crippen LogP contribution in [0.15, 0.2) is 0 Å². The molecule has 1 heterocycles. The van der Waals surface area contributed by atoms with Crippen LogP contribution in [-0.4, -0.2) is 47.7 Å². The zero-order chi connectivity index (χ0) is 13.7. The fourth-order valence-corrected chi connectivity index (χ4v) is 3.12. The van der Waals surface area contributed by atoms with Gasteiger partial charge in [0, 0.05) is 12.6 Å². The van der Waals surface area contributed by atoms with Crippen LogP contribution in [0.2, 0.25) is 0 Å². The van der Waals surface area contributed by atoms with E-state index >= 15 is 0 Å². The van der Waals surface area contributed by atoms with Gasteiger partial charge in [-0.15, -0.1) is 0 Å². The molecule has 1 amide bonds. The van der Waals surface area contributed by atoms with E-state index in [0.29, 0.717) is 12.5 Å². The van der Waals surface area contributed by atoms with Gasteiger partial charge in [-0.25, -0.2) is 0 Å². The summed E-state index contributed by atoms with van der Waals surface area (Å²) in [6, 6.07) is 0.174. The SMILES string of the molecule is CCC(O)C1CCCCN1CC(=O)NCC1CCC1. The predicted octanol–water partition coefficient (Wildman–Crippen LogP) is 1.53. The molecule has 110 valence electrons. The van der Waals surface area contributed by atoms with Crippen molar-refractivity contribution in [2.24, 2.45) is 5.92 Å². The van der Waals surface area contributed by atoms with Crippen molar-refractivity contribution in [2.75, 3.05) is 19.6 Å². The maximum absolute atomic E-state index is 12.0. The summed E-state index contributed by atoms with van der Waals surface area (Å²) in [5.74, 6) is 0.837. The van der Waals surface area contributed by atoms with E-state index in [1.54, 1.807) is 0 Å². The van der Waals surface area contributed by atoms with Crippen LogP contribution < -0.4 is 5.32 Å². The summed E-state index contributed by atoms with van der Waals surface area (Å²) in [4.78, 5) is 14.2. The second kappa shape index (κ2) is 7.25. The van der Waals surface area contributed by atoms with Gasteiger partial charge in [0.25, 0.3) is 0 Å². The average Bonchev–Trinajstić information content (AvgIpc) is 2.36. The number of carbonyl (C=O) groups is 1. The molecule has 4 nitrogen and oxygen atoms in total. The number of aliphatic hydroxyl groups is 1. The Balaban J connectivity index is 1.75. The van der Waals surface area contributed by atoms with Crippen molar-refractivity contribution in [2.45, 2.75) is 64.0 Å². The summed E-state index contributed by atoms with van der Waals surface area (Å²) in [5.41, 5.74) is 0. The molecule has 2 atom stereocenters. The van der Waals surface area contributed by atoms with Crippen molar-refractivity contribution in [3.63, 3.8) is 0 Å². The summed E-state index contributed by atoms with van der Waals surface area (Å²) in [6.45, 7) is 4.24. The standard InChI is InChI=1S/C15H28N2O2/c1-2-14(18)13-8-3-4-9-17(13)11-15(19)16-10-12-6-5-7-12/h12-14,18H,2-11H2,1H3,(H,16,19). The molecule has 0 aromatic heterocycles. The molecular weight excluding hydrogens is 240 g/mol. The lowest BCUT2D eigenvalue weighted by Crippen LogP contribution is -2.50. The number of hydrogen-bond acceptors (Lipinski definition) is 3. The summed E-state index contributed by atoms with van der Waals surface area (Å²) >= 11 is 0. The fourth-order valence-electron chi connectivity index (χ4n) is 3.12. The number of likely N-dealkylation sites (tertiary alicyclic amines) is 1. The largest absolute Gasteiger partial charge is 0.392 e. The summed E-state index contributed by atoms with van der Waals surface area (Å²) < 4.78 is 0. The zero-order valence-electron chi connectivity index (χ0n) is 12.1. The van der Waals surface area contributed by atoms with E-state index in [2.05, 4.69) is 10.2 Å². The van der Waals surface area contributed by atoms with E-state index in [1.165, 1.54) is 25.7 Å². The molecular formula is C15H28N2O2. The molecule has 0 spiro atoms. The molecule has 1 aliphatic carbocycles. The third-order valence-electron chi connectivity index (χ3n) is 4.69. The van der Waals surface area contributed by atoms with Crippen LogP contribution in [-0.2, 0) is 4.79 Å². The van der Waals surface area contributed by atoms with E-state index in [-0.39, 0.29) is 18.1 Å². The number of nitrogens with one attached hydrogen (secondary N) is 1. The highest BCUT2D eigenvalue weighted by molar-refractivity contribution is 5.78. The highest BCUT2D eigenvalue weighted by atomic mass is 16.3. The molecule has 2 unspecified atom stereocenters. The Morgan fingerprint density at radius 2 is 2.11 bits per heavy atom. The third kappa shape index (κ3) is 4.18. The highest BCUT2D eigenvalue weighted by Gasteiger charge is 2.29. The van der Waals surface area contributed by atoms with Crippen molar-refractivity contribution < 1.29 is 9.90 Å². The van der Waals surface area contributed by atoms with Gasteiger partial charge in [0.1, 0.15) is 0 Å². The van der Waals surface area contributed by atoms with Gasteiger partial charge in [0.05, 0.1) is 12.6 Å². The van der Waals surface area contributed by atoms with Gasteiger partial charge in [0.2, 0.25) is 5.91 Å². The minimum absolute atomic E-state index is 0.127. The minimum Gasteiger partial charge on any atom is -0.392 e. The number of hydrogen-bond donors (Lipinski definition) is 2. The second-order valence-electron chi connectivity index (χ2n) is 6.11. The molecule has 2 N–H and O–H groups in total. The Hall–Kier alpha value is -0.610. The van der Waals surface area contributed by atoms with Crippen molar-refractivity contribution in [1.29, 1.82) is 0 Å². The van der Waals surface area contributed by atoms with Crippen LogP contribution in [0.1, 0.15) is 51.9 Å². The lowest BCUT2D eigenvalue weighted by atomic mass is 9.85. The average molecular weight is 268 g/mol. The van der Waals surface area contributed by atoms with Crippen molar-refractivity contribution in [1.82, 2.24) is 10.2 Å². The predicted molar refractivity (Wildman–Crippen MR) is 75.9 cm³/mol. The van der Waals surface area contributed by atoms with E-state index in [1.807, 2.05) is 6.92 Å². The molecule has 0 aromatic rings. The maximum Gasteiger partial charge on any atom is 0.234 e. The van der Waals surface area contributed by atoms with Crippen LogP contribution in [0.3, 0.4) is 0 Å². The molecule has 2 fully saturated rings. The number of nitrogens with zero attached hydrogens (tertiary/aromatic N) is 1. The molecule has 19 heavy (non-hydrogen) atoms. The van der Waals surface area contributed by atoms with Crippen molar-refractivity contribution >= 4 is 5.91 Å². The zero-order valence-corrected chi connectivity index (χ0v) is 12.1. The van der Waals surface area contributed by atoms with Gasteiger partial charge >= 0.3 is 0 Å². The quantitative estimate of drug-likeness (QED) is 0.768. The lowest BCUT2D eigenvalue weighted by Gasteiger charge is -2.38. The second-order valence-corrected chi connectivity index (χ2v) is 6.11. The Morgan fingerprint density at radius 3 is 2.74 bits per heavy atom. The normalized spacial score (nSPS) is 26.7. The molecule has 4 heteroatoms. The molecule has 1 aliphatic heterocycles. The number of piperidine rings is 1. The first-order chi connectivity index (χ1) is 9.20. The first-order valence-electron chi connectivity index (χ1n) is 7.89. The van der Waals surface area contributed by atoms with Gasteiger partial charge < -0.3 is 10.4 Å². The molecule has 1 saturated heterocycles. The molecule has 0 bridgehead atoms. The summed E-state index contributed by atoms with van der Waals surface area (Å²) in [7, 11) is 0. The van der Waals surface area contributed by atoms with Crippen LogP contribution in [0.4, 0.5) is 0 Å². The van der Waals surface area contributed by atoms with Gasteiger partial charge in [0.15, 0.2) is 0 Å². The fraction of sp³-hybridized carbons (Fsp3) is 0.933. The number of aliphatic hydroxyl groups excluding tert-OH is 1. The molecule has 0 aromatic carbocycles. The number of carbonyl (C=O) groups excluding carboxylic acids is 1. The van der Waals surface area contributed by atoms with E-state index < -0.39 is 0 Å². The topological polar surface area (TPSA) is 52.6 Å². The van der Waals surface area contributed by atoms with Crippen molar-refractivity contribution in [3.05, 3.63) is 0 Å². The highest BCUT2D eigenvalue weighted by Crippen LogP contribution is 2.25. The van der Waals surface area contributed by atoms with Gasteiger partial charge in [-0.1, -0.05) is 19.8 Å². The summed E-state index contributed by atoms with van der Waals surface area (Å²) in [5, 5.41) is 13.1. The maximum atomic E-state index is 12.0. The Morgan fingerprint density at radius 1 is 1.32 bits per heavy atom. The Kier molecular flexibility index (Phi) is 5.64. The lowest BCUT2D eigenvalue weighted by molar-refractivity contribution is -0.124. The minimum atomic E-state index is -0.292.